The number of aromatic carboxylic acids is 1. The Morgan fingerprint density at radius 2 is 1.60 bits per heavy atom. The van der Waals surface area contributed by atoms with Gasteiger partial charge in [0, 0.05) is 25.1 Å². The van der Waals surface area contributed by atoms with Crippen molar-refractivity contribution in [2.45, 2.75) is 23.0 Å². The van der Waals surface area contributed by atoms with Crippen LogP contribution in [0.4, 0.5) is 5.69 Å². The molecule has 6 nitrogen and oxygen atoms in total. The van der Waals surface area contributed by atoms with E-state index in [1.165, 1.54) is 4.90 Å². The van der Waals surface area contributed by atoms with Crippen LogP contribution in [0.1, 0.15) is 22.3 Å². The topological polar surface area (TPSA) is 87.6 Å². The number of aryl methyl sites for hydroxylation is 1. The Bertz CT molecular complexity index is 1410. The third-order valence-corrected chi connectivity index (χ3v) is 11.4. The van der Waals surface area contributed by atoms with Crippen LogP contribution in [0.2, 0.25) is 0 Å². The molecule has 6 unspecified atom stereocenters. The fourth-order valence-electron chi connectivity index (χ4n) is 6.17. The first-order chi connectivity index (χ1) is 16.7. The lowest BCUT2D eigenvalue weighted by atomic mass is 9.81. The second-order valence-electron chi connectivity index (χ2n) is 9.54. The molecular weight excluding hydrogens is 644 g/mol. The van der Waals surface area contributed by atoms with Gasteiger partial charge in [-0.3, -0.25) is 14.5 Å². The highest BCUT2D eigenvalue weighted by Gasteiger charge is 2.66. The van der Waals surface area contributed by atoms with Gasteiger partial charge in [-0.25, -0.2) is 9.78 Å². The number of carbonyl (C=O) groups excluding carboxylic acids is 2. The van der Waals surface area contributed by atoms with Gasteiger partial charge in [0.1, 0.15) is 0 Å². The maximum absolute atomic E-state index is 13.3. The SMILES string of the molecule is Cc1cc(Br)cc2c(C(=O)O)cc(-c3ccc(N4C(=O)C5C6CC(C(Br)C6Br)C5C4=O)cc3)nc12. The van der Waals surface area contributed by atoms with Crippen molar-refractivity contribution in [3.63, 3.8) is 0 Å². The minimum absolute atomic E-state index is 0.123. The van der Waals surface area contributed by atoms with E-state index in [4.69, 9.17) is 4.98 Å². The molecule has 9 heteroatoms. The summed E-state index contributed by atoms with van der Waals surface area (Å²) in [6, 6.07) is 12.3. The first-order valence-electron chi connectivity index (χ1n) is 11.3. The van der Waals surface area contributed by atoms with Crippen molar-refractivity contribution in [2.24, 2.45) is 23.7 Å². The van der Waals surface area contributed by atoms with Crippen LogP contribution in [0.25, 0.3) is 22.2 Å². The minimum Gasteiger partial charge on any atom is -0.478 e. The molecule has 35 heavy (non-hydrogen) atoms. The van der Waals surface area contributed by atoms with E-state index in [-0.39, 0.29) is 50.7 Å². The molecule has 6 atom stereocenters. The molecule has 1 saturated heterocycles. The summed E-state index contributed by atoms with van der Waals surface area (Å²) < 4.78 is 0.791. The monoisotopic (exact) mass is 660 g/mol. The Hall–Kier alpha value is -2.10. The van der Waals surface area contributed by atoms with E-state index < -0.39 is 5.97 Å². The number of amides is 2. The molecule has 0 radical (unpaired) electrons. The third-order valence-electron chi connectivity index (χ3n) is 7.71. The Kier molecular flexibility index (Phi) is 5.47. The molecule has 178 valence electrons. The molecular formula is C26H19Br3N2O4. The normalized spacial score (nSPS) is 29.3. The zero-order valence-electron chi connectivity index (χ0n) is 18.4. The van der Waals surface area contributed by atoms with Gasteiger partial charge >= 0.3 is 5.97 Å². The van der Waals surface area contributed by atoms with Crippen LogP contribution in [0.3, 0.4) is 0 Å². The van der Waals surface area contributed by atoms with E-state index in [1.807, 2.05) is 13.0 Å². The highest BCUT2D eigenvalue weighted by molar-refractivity contribution is 9.12. The van der Waals surface area contributed by atoms with Gasteiger partial charge in [0.2, 0.25) is 11.8 Å². The van der Waals surface area contributed by atoms with E-state index in [2.05, 4.69) is 47.8 Å². The van der Waals surface area contributed by atoms with E-state index in [9.17, 15) is 19.5 Å². The Labute approximate surface area is 226 Å². The zero-order valence-corrected chi connectivity index (χ0v) is 23.2. The van der Waals surface area contributed by atoms with Crippen LogP contribution in [-0.4, -0.2) is 37.5 Å². The molecule has 2 saturated carbocycles. The van der Waals surface area contributed by atoms with Crippen molar-refractivity contribution >= 4 is 82.2 Å². The Morgan fingerprint density at radius 1 is 1.00 bits per heavy atom. The summed E-state index contributed by atoms with van der Waals surface area (Å²) in [4.78, 5) is 45.1. The number of rotatable bonds is 3. The van der Waals surface area contributed by atoms with Crippen LogP contribution in [-0.2, 0) is 9.59 Å². The lowest BCUT2D eigenvalue weighted by Crippen LogP contribution is -2.37. The predicted molar refractivity (Wildman–Crippen MR) is 143 cm³/mol. The van der Waals surface area contributed by atoms with Gasteiger partial charge in [0.15, 0.2) is 0 Å². The first-order valence-corrected chi connectivity index (χ1v) is 13.9. The summed E-state index contributed by atoms with van der Waals surface area (Å²) in [6.45, 7) is 1.89. The number of fused-ring (bicyclic) bond motifs is 6. The van der Waals surface area contributed by atoms with E-state index in [0.717, 1.165) is 16.5 Å². The fourth-order valence-corrected chi connectivity index (χ4v) is 8.61. The van der Waals surface area contributed by atoms with Gasteiger partial charge < -0.3 is 5.11 Å². The van der Waals surface area contributed by atoms with Gasteiger partial charge in [-0.15, -0.1) is 0 Å². The fraction of sp³-hybridized carbons (Fsp3) is 0.308. The molecule has 3 aliphatic rings. The summed E-state index contributed by atoms with van der Waals surface area (Å²) in [5, 5.41) is 10.4. The first kappa shape index (κ1) is 23.3. The number of carboxylic acid groups (broad SMARTS) is 1. The Balaban J connectivity index is 1.36. The van der Waals surface area contributed by atoms with Crippen molar-refractivity contribution in [2.75, 3.05) is 4.90 Å². The van der Waals surface area contributed by atoms with Crippen molar-refractivity contribution < 1.29 is 19.5 Å². The zero-order chi connectivity index (χ0) is 24.8. The van der Waals surface area contributed by atoms with Crippen molar-refractivity contribution in [3.8, 4) is 11.3 Å². The van der Waals surface area contributed by atoms with Crippen LogP contribution >= 0.6 is 47.8 Å². The summed E-state index contributed by atoms with van der Waals surface area (Å²) in [5.74, 6) is -1.49. The predicted octanol–water partition coefficient (Wildman–Crippen LogP) is 5.95. The minimum atomic E-state index is -1.03. The van der Waals surface area contributed by atoms with Gasteiger partial charge in [0.05, 0.1) is 34.3 Å². The lowest BCUT2D eigenvalue weighted by molar-refractivity contribution is -0.123. The largest absolute Gasteiger partial charge is 0.478 e. The molecule has 0 spiro atoms. The van der Waals surface area contributed by atoms with Crippen molar-refractivity contribution in [3.05, 3.63) is 58.1 Å². The van der Waals surface area contributed by atoms with Crippen molar-refractivity contribution in [1.82, 2.24) is 4.98 Å². The molecule has 2 amide bonds. The van der Waals surface area contributed by atoms with Crippen LogP contribution in [0, 0.1) is 30.6 Å². The maximum atomic E-state index is 13.3. The van der Waals surface area contributed by atoms with Crippen molar-refractivity contribution in [1.29, 1.82) is 0 Å². The van der Waals surface area contributed by atoms with E-state index in [1.54, 1.807) is 36.4 Å². The second-order valence-corrected chi connectivity index (χ2v) is 12.6. The summed E-state index contributed by atoms with van der Waals surface area (Å²) in [5.41, 5.74) is 3.41. The molecule has 2 aromatic carbocycles. The average Bonchev–Trinajstić information content (AvgIpc) is 3.43. The number of nitrogens with zero attached hydrogens (tertiary/aromatic N) is 2. The number of pyridine rings is 1. The number of hydrogen-bond donors (Lipinski definition) is 1. The standard InChI is InChI=1S/C26H19Br3N2O4/c1-10-6-12(27)7-14-15(26(34)35)9-18(30-23(10)14)11-2-4-13(5-3-11)31-24(32)19-16-8-17(20(19)25(31)33)22(29)21(16)28/h2-7,9,16-17,19-22H,8H2,1H3,(H,34,35). The number of imide groups is 1. The summed E-state index contributed by atoms with van der Waals surface area (Å²) in [7, 11) is 0. The van der Waals surface area contributed by atoms with Gasteiger partial charge in [-0.2, -0.15) is 0 Å². The van der Waals surface area contributed by atoms with Gasteiger partial charge in [0.25, 0.3) is 0 Å². The molecule has 1 aromatic heterocycles. The van der Waals surface area contributed by atoms with Gasteiger partial charge in [-0.05, 0) is 61.1 Å². The highest BCUT2D eigenvalue weighted by Crippen LogP contribution is 2.60. The lowest BCUT2D eigenvalue weighted by Gasteiger charge is -2.28. The number of benzene rings is 2. The molecule has 2 bridgehead atoms. The van der Waals surface area contributed by atoms with Crippen LogP contribution in [0.15, 0.2) is 46.9 Å². The van der Waals surface area contributed by atoms with Crippen LogP contribution in [0.5, 0.6) is 0 Å². The molecule has 1 aliphatic heterocycles. The number of halogens is 3. The summed E-state index contributed by atoms with van der Waals surface area (Å²) in [6.07, 6.45) is 0.890. The number of anilines is 1. The maximum Gasteiger partial charge on any atom is 0.336 e. The van der Waals surface area contributed by atoms with E-state index >= 15 is 0 Å². The van der Waals surface area contributed by atoms with Gasteiger partial charge in [-0.1, -0.05) is 59.9 Å². The smallest absolute Gasteiger partial charge is 0.336 e. The highest BCUT2D eigenvalue weighted by atomic mass is 79.9. The quantitative estimate of drug-likeness (QED) is 0.277. The second kappa shape index (κ2) is 8.21. The third kappa shape index (κ3) is 3.38. The molecule has 1 N–H and O–H groups in total. The molecule has 2 heterocycles. The number of hydrogen-bond acceptors (Lipinski definition) is 4. The average molecular weight is 663 g/mol. The molecule has 3 aromatic rings. The molecule has 6 rings (SSSR count). The van der Waals surface area contributed by atoms with Crippen LogP contribution < -0.4 is 4.90 Å². The number of carboxylic acids is 1. The number of aromatic nitrogens is 1. The molecule has 3 fully saturated rings. The van der Waals surface area contributed by atoms with E-state index in [0.29, 0.717) is 27.8 Å². The number of carbonyl (C=O) groups is 3. The molecule has 2 aliphatic carbocycles. The number of alkyl halides is 2. The summed E-state index contributed by atoms with van der Waals surface area (Å²) >= 11 is 10.9. The Morgan fingerprint density at radius 3 is 2.17 bits per heavy atom.